The quantitative estimate of drug-likeness (QED) is 0.862. The summed E-state index contributed by atoms with van der Waals surface area (Å²) in [7, 11) is 0. The second-order valence-corrected chi connectivity index (χ2v) is 4.35. The van der Waals surface area contributed by atoms with Crippen molar-refractivity contribution >= 4 is 5.82 Å². The van der Waals surface area contributed by atoms with Crippen LogP contribution in [0.5, 0.6) is 0 Å². The van der Waals surface area contributed by atoms with E-state index >= 15 is 0 Å². The number of nitrogens with two attached hydrogens (primary N) is 1. The SMILES string of the molecule is Cc1ccc(C)c(CNc2ccnc(CN)n2)c1. The number of hydrogen-bond donors (Lipinski definition) is 2. The number of rotatable bonds is 4. The minimum Gasteiger partial charge on any atom is -0.366 e. The molecular weight excluding hydrogens is 224 g/mol. The van der Waals surface area contributed by atoms with Crippen molar-refractivity contribution in [3.8, 4) is 0 Å². The molecule has 0 amide bonds. The number of nitrogens with zero attached hydrogens (tertiary/aromatic N) is 2. The third-order valence-corrected chi connectivity index (χ3v) is 2.85. The van der Waals surface area contributed by atoms with E-state index in [0.717, 1.165) is 12.4 Å². The van der Waals surface area contributed by atoms with Crippen molar-refractivity contribution in [2.75, 3.05) is 5.32 Å². The van der Waals surface area contributed by atoms with E-state index in [2.05, 4.69) is 47.3 Å². The Morgan fingerprint density at radius 2 is 2.06 bits per heavy atom. The van der Waals surface area contributed by atoms with Crippen LogP contribution in [-0.2, 0) is 13.1 Å². The summed E-state index contributed by atoms with van der Waals surface area (Å²) in [5, 5.41) is 3.30. The predicted molar refractivity (Wildman–Crippen MR) is 73.2 cm³/mol. The molecule has 0 bridgehead atoms. The summed E-state index contributed by atoms with van der Waals surface area (Å²) in [5.74, 6) is 1.47. The van der Waals surface area contributed by atoms with Gasteiger partial charge in [-0.3, -0.25) is 0 Å². The lowest BCUT2D eigenvalue weighted by atomic mass is 10.1. The van der Waals surface area contributed by atoms with Gasteiger partial charge in [-0.15, -0.1) is 0 Å². The summed E-state index contributed by atoms with van der Waals surface area (Å²) < 4.78 is 0. The zero-order valence-corrected chi connectivity index (χ0v) is 10.8. The van der Waals surface area contributed by atoms with Gasteiger partial charge in [0.2, 0.25) is 0 Å². The van der Waals surface area contributed by atoms with Crippen molar-refractivity contribution in [1.82, 2.24) is 9.97 Å². The van der Waals surface area contributed by atoms with Crippen molar-refractivity contribution in [3.63, 3.8) is 0 Å². The molecule has 0 saturated heterocycles. The maximum absolute atomic E-state index is 5.52. The minimum atomic E-state index is 0.360. The zero-order chi connectivity index (χ0) is 13.0. The van der Waals surface area contributed by atoms with Crippen LogP contribution in [-0.4, -0.2) is 9.97 Å². The van der Waals surface area contributed by atoms with E-state index in [4.69, 9.17) is 5.73 Å². The van der Waals surface area contributed by atoms with Gasteiger partial charge in [0.1, 0.15) is 11.6 Å². The maximum Gasteiger partial charge on any atom is 0.144 e. The molecule has 0 spiro atoms. The molecule has 1 aromatic carbocycles. The summed E-state index contributed by atoms with van der Waals surface area (Å²) in [6.07, 6.45) is 1.72. The number of benzene rings is 1. The van der Waals surface area contributed by atoms with Crippen molar-refractivity contribution in [2.45, 2.75) is 26.9 Å². The molecule has 2 aromatic rings. The van der Waals surface area contributed by atoms with Gasteiger partial charge in [-0.25, -0.2) is 9.97 Å². The van der Waals surface area contributed by atoms with Gasteiger partial charge < -0.3 is 11.1 Å². The van der Waals surface area contributed by atoms with Crippen LogP contribution in [0.3, 0.4) is 0 Å². The summed E-state index contributed by atoms with van der Waals surface area (Å²) in [4.78, 5) is 8.38. The molecule has 0 aliphatic carbocycles. The Morgan fingerprint density at radius 3 is 2.83 bits per heavy atom. The first-order valence-corrected chi connectivity index (χ1v) is 6.01. The minimum absolute atomic E-state index is 0.360. The highest BCUT2D eigenvalue weighted by Crippen LogP contribution is 2.12. The molecule has 0 radical (unpaired) electrons. The van der Waals surface area contributed by atoms with Gasteiger partial charge in [0, 0.05) is 12.7 Å². The molecule has 0 aliphatic rings. The fourth-order valence-corrected chi connectivity index (χ4v) is 1.77. The van der Waals surface area contributed by atoms with Gasteiger partial charge in [0.15, 0.2) is 0 Å². The van der Waals surface area contributed by atoms with Crippen LogP contribution < -0.4 is 11.1 Å². The average molecular weight is 242 g/mol. The Morgan fingerprint density at radius 1 is 1.22 bits per heavy atom. The molecule has 0 saturated carbocycles. The molecular formula is C14H18N4. The molecule has 2 rings (SSSR count). The average Bonchev–Trinajstić information content (AvgIpc) is 2.40. The number of aromatic nitrogens is 2. The van der Waals surface area contributed by atoms with Crippen molar-refractivity contribution < 1.29 is 0 Å². The maximum atomic E-state index is 5.52. The van der Waals surface area contributed by atoms with Gasteiger partial charge in [-0.2, -0.15) is 0 Å². The molecule has 1 aromatic heterocycles. The molecule has 0 unspecified atom stereocenters. The monoisotopic (exact) mass is 242 g/mol. The highest BCUT2D eigenvalue weighted by molar-refractivity contribution is 5.37. The molecule has 94 valence electrons. The predicted octanol–water partition coefficient (Wildman–Crippen LogP) is 2.16. The largest absolute Gasteiger partial charge is 0.366 e. The number of anilines is 1. The van der Waals surface area contributed by atoms with Crippen LogP contribution in [0.1, 0.15) is 22.5 Å². The molecule has 1 heterocycles. The standard InChI is InChI=1S/C14H18N4/c1-10-3-4-11(2)12(7-10)9-17-13-5-6-16-14(8-15)18-13/h3-7H,8-9,15H2,1-2H3,(H,16,17,18). The van der Waals surface area contributed by atoms with E-state index in [1.807, 2.05) is 6.07 Å². The summed E-state index contributed by atoms with van der Waals surface area (Å²) >= 11 is 0. The fraction of sp³-hybridized carbons (Fsp3) is 0.286. The first kappa shape index (κ1) is 12.5. The zero-order valence-electron chi connectivity index (χ0n) is 10.8. The Kier molecular flexibility index (Phi) is 3.89. The van der Waals surface area contributed by atoms with Gasteiger partial charge in [0.25, 0.3) is 0 Å². The Balaban J connectivity index is 2.08. The third kappa shape index (κ3) is 3.05. The van der Waals surface area contributed by atoms with Crippen LogP contribution in [0.4, 0.5) is 5.82 Å². The second-order valence-electron chi connectivity index (χ2n) is 4.35. The normalized spacial score (nSPS) is 10.4. The highest BCUT2D eigenvalue weighted by atomic mass is 15.0. The third-order valence-electron chi connectivity index (χ3n) is 2.85. The lowest BCUT2D eigenvalue weighted by molar-refractivity contribution is 0.904. The molecule has 0 fully saturated rings. The van der Waals surface area contributed by atoms with E-state index in [0.29, 0.717) is 12.4 Å². The molecule has 3 N–H and O–H groups in total. The second kappa shape index (κ2) is 5.60. The first-order chi connectivity index (χ1) is 8.69. The van der Waals surface area contributed by atoms with E-state index in [-0.39, 0.29) is 0 Å². The lowest BCUT2D eigenvalue weighted by Gasteiger charge is -2.09. The fourth-order valence-electron chi connectivity index (χ4n) is 1.77. The van der Waals surface area contributed by atoms with Gasteiger partial charge in [0.05, 0.1) is 6.54 Å². The van der Waals surface area contributed by atoms with Gasteiger partial charge in [-0.05, 0) is 31.0 Å². The summed E-state index contributed by atoms with van der Waals surface area (Å²) in [6.45, 7) is 5.33. The van der Waals surface area contributed by atoms with Crippen molar-refractivity contribution in [1.29, 1.82) is 0 Å². The summed E-state index contributed by atoms with van der Waals surface area (Å²) in [5.41, 5.74) is 9.34. The number of aryl methyl sites for hydroxylation is 2. The van der Waals surface area contributed by atoms with E-state index < -0.39 is 0 Å². The first-order valence-electron chi connectivity index (χ1n) is 6.01. The van der Waals surface area contributed by atoms with E-state index in [1.54, 1.807) is 6.20 Å². The summed E-state index contributed by atoms with van der Waals surface area (Å²) in [6, 6.07) is 8.30. The smallest absolute Gasteiger partial charge is 0.144 e. The van der Waals surface area contributed by atoms with E-state index in [9.17, 15) is 0 Å². The Bertz CT molecular complexity index is 537. The van der Waals surface area contributed by atoms with Crippen LogP contribution in [0.2, 0.25) is 0 Å². The highest BCUT2D eigenvalue weighted by Gasteiger charge is 2.01. The molecule has 4 nitrogen and oxygen atoms in total. The molecule has 0 aliphatic heterocycles. The Hall–Kier alpha value is -1.94. The van der Waals surface area contributed by atoms with Crippen molar-refractivity contribution in [2.24, 2.45) is 5.73 Å². The molecule has 0 atom stereocenters. The van der Waals surface area contributed by atoms with Crippen LogP contribution in [0.15, 0.2) is 30.5 Å². The topological polar surface area (TPSA) is 63.8 Å². The number of hydrogen-bond acceptors (Lipinski definition) is 4. The van der Waals surface area contributed by atoms with Crippen molar-refractivity contribution in [3.05, 3.63) is 53.0 Å². The van der Waals surface area contributed by atoms with Crippen LogP contribution in [0, 0.1) is 13.8 Å². The Labute approximate surface area is 107 Å². The number of nitrogens with one attached hydrogen (secondary N) is 1. The lowest BCUT2D eigenvalue weighted by Crippen LogP contribution is -2.07. The molecule has 18 heavy (non-hydrogen) atoms. The van der Waals surface area contributed by atoms with Gasteiger partial charge in [-0.1, -0.05) is 23.8 Å². The van der Waals surface area contributed by atoms with Crippen LogP contribution >= 0.6 is 0 Å². The molecule has 4 heteroatoms. The van der Waals surface area contributed by atoms with E-state index in [1.165, 1.54) is 16.7 Å². The van der Waals surface area contributed by atoms with Gasteiger partial charge >= 0.3 is 0 Å². The van der Waals surface area contributed by atoms with Crippen LogP contribution in [0.25, 0.3) is 0 Å².